The van der Waals surface area contributed by atoms with E-state index in [9.17, 15) is 0 Å². The minimum Gasteiger partial charge on any atom is -0.457 e. The standard InChI is InChI=1S/C96H104N4O6/c1-5-9-13-17-21-25-29-37-65-45-53-69(54-46-65)103-81-61-73-85-75(95(101)99-79-43-35-33-41-77(79)97-93(73)99)64-84(106-72-59-51-68(52-60-72)40-32-28-24-20-16-12-8-4)90-88-82(104-70-55-47-66(48-56-70)38-30-26-22-18-14-10-6-2)62-74-86-76(96(102)100-80-44-36-34-42-78(80)98-94(74)100)63-83(89(92(86)88)87(81)91(85)90)105-71-57-49-67(50-58-71)39-31-27-23-19-15-11-7-3/h33-36,41-64H,5-32,37-40H2,1-4H3. The third-order valence-electron chi connectivity index (χ3n) is 22.5. The van der Waals surface area contributed by atoms with E-state index in [-0.39, 0.29) is 11.1 Å². The van der Waals surface area contributed by atoms with Gasteiger partial charge in [-0.25, -0.2) is 9.97 Å². The molecule has 0 amide bonds. The van der Waals surface area contributed by atoms with Gasteiger partial charge in [0.2, 0.25) is 0 Å². The molecule has 0 N–H and O–H groups in total. The Morgan fingerprint density at radius 1 is 0.264 bits per heavy atom. The summed E-state index contributed by atoms with van der Waals surface area (Å²) in [6, 6.07) is 58.0. The van der Waals surface area contributed by atoms with Gasteiger partial charge in [-0.15, -0.1) is 0 Å². The average molecular weight is 1410 g/mol. The lowest BCUT2D eigenvalue weighted by Crippen LogP contribution is -2.15. The zero-order valence-corrected chi connectivity index (χ0v) is 63.0. The van der Waals surface area contributed by atoms with Crippen molar-refractivity contribution in [2.45, 2.75) is 233 Å². The molecular weight excluding hydrogens is 1310 g/mol. The monoisotopic (exact) mass is 1410 g/mol. The number of pyridine rings is 2. The van der Waals surface area contributed by atoms with Crippen molar-refractivity contribution in [3.63, 3.8) is 0 Å². The number of para-hydroxylation sites is 4. The Balaban J connectivity index is 0.994. The largest absolute Gasteiger partial charge is 0.457 e. The summed E-state index contributed by atoms with van der Waals surface area (Å²) in [7, 11) is 0. The van der Waals surface area contributed by atoms with Gasteiger partial charge < -0.3 is 18.9 Å². The quantitative estimate of drug-likeness (QED) is 0.0212. The van der Waals surface area contributed by atoms with Crippen LogP contribution in [0.1, 0.15) is 230 Å². The predicted octanol–water partition coefficient (Wildman–Crippen LogP) is 27.6. The molecule has 15 rings (SSSR count). The number of fused-ring (bicyclic) bond motifs is 10. The van der Waals surface area contributed by atoms with Crippen LogP contribution in [0.15, 0.2) is 179 Å². The minimum atomic E-state index is -0.226. The molecule has 0 radical (unpaired) electrons. The Morgan fingerprint density at radius 3 is 0.783 bits per heavy atom. The smallest absolute Gasteiger partial charge is 0.264 e. The second-order valence-corrected chi connectivity index (χ2v) is 30.3. The zero-order chi connectivity index (χ0) is 72.3. The van der Waals surface area contributed by atoms with Crippen molar-refractivity contribution in [3.05, 3.63) is 213 Å². The first-order chi connectivity index (χ1) is 52.3. The molecule has 10 nitrogen and oxygen atoms in total. The first kappa shape index (κ1) is 71.8. The van der Waals surface area contributed by atoms with Gasteiger partial charge in [-0.1, -0.05) is 255 Å². The van der Waals surface area contributed by atoms with Crippen LogP contribution in [0, 0.1) is 0 Å². The van der Waals surface area contributed by atoms with E-state index in [4.69, 9.17) is 28.9 Å². The second kappa shape index (κ2) is 33.8. The number of nitrogens with zero attached hydrogens (tertiary/aromatic N) is 4. The lowest BCUT2D eigenvalue weighted by atomic mass is 9.84. The van der Waals surface area contributed by atoms with Gasteiger partial charge in [0.15, 0.2) is 0 Å². The van der Waals surface area contributed by atoms with Gasteiger partial charge in [0, 0.05) is 53.9 Å². The molecular formula is C96H104N4O6. The fourth-order valence-electron chi connectivity index (χ4n) is 16.8. The summed E-state index contributed by atoms with van der Waals surface area (Å²) in [5.74, 6) is 4.44. The van der Waals surface area contributed by atoms with Crippen molar-refractivity contribution in [3.8, 4) is 46.0 Å². The van der Waals surface area contributed by atoms with Crippen molar-refractivity contribution >= 4 is 98.0 Å². The van der Waals surface area contributed by atoms with Gasteiger partial charge in [0.05, 0.1) is 32.8 Å². The van der Waals surface area contributed by atoms with Crippen molar-refractivity contribution in [1.82, 2.24) is 18.8 Å². The topological polar surface area (TPSA) is 106 Å². The molecule has 10 heteroatoms. The third kappa shape index (κ3) is 15.2. The van der Waals surface area contributed by atoms with Crippen LogP contribution < -0.4 is 30.1 Å². The predicted molar refractivity (Wildman–Crippen MR) is 443 cm³/mol. The van der Waals surface area contributed by atoms with Gasteiger partial charge in [-0.3, -0.25) is 18.4 Å². The summed E-state index contributed by atoms with van der Waals surface area (Å²) in [4.78, 5) is 43.1. The number of imidazole rings is 2. The van der Waals surface area contributed by atoms with Crippen molar-refractivity contribution < 1.29 is 18.9 Å². The maximum absolute atomic E-state index is 16.2. The number of benzene rings is 11. The lowest BCUT2D eigenvalue weighted by molar-refractivity contribution is 0.483. The molecule has 0 saturated carbocycles. The molecule has 106 heavy (non-hydrogen) atoms. The molecule has 0 saturated heterocycles. The van der Waals surface area contributed by atoms with Crippen LogP contribution in [0.25, 0.3) is 98.0 Å². The Bertz CT molecular complexity index is 5220. The number of rotatable bonds is 40. The Hall–Kier alpha value is -9.80. The maximum Gasteiger partial charge on any atom is 0.264 e. The normalized spacial score (nSPS) is 12.1. The van der Waals surface area contributed by atoms with Crippen LogP contribution in [0.2, 0.25) is 0 Å². The van der Waals surface area contributed by atoms with Gasteiger partial charge in [-0.2, -0.15) is 0 Å². The number of aromatic nitrogens is 4. The van der Waals surface area contributed by atoms with E-state index in [2.05, 4.69) is 137 Å². The molecule has 0 bridgehead atoms. The highest BCUT2D eigenvalue weighted by molar-refractivity contribution is 6.45. The van der Waals surface area contributed by atoms with Gasteiger partial charge in [-0.05, 0) is 171 Å². The molecule has 11 aromatic carbocycles. The molecule has 544 valence electrons. The van der Waals surface area contributed by atoms with E-state index in [1.807, 2.05) is 60.7 Å². The van der Waals surface area contributed by atoms with Crippen molar-refractivity contribution in [2.24, 2.45) is 0 Å². The maximum atomic E-state index is 16.2. The number of unbranched alkanes of at least 4 members (excludes halogenated alkanes) is 24. The average Bonchev–Trinajstić information content (AvgIpc) is 0.988. The van der Waals surface area contributed by atoms with E-state index >= 15 is 9.59 Å². The Kier molecular flexibility index (Phi) is 22.9. The van der Waals surface area contributed by atoms with Crippen LogP contribution >= 0.6 is 0 Å². The highest BCUT2D eigenvalue weighted by Gasteiger charge is 2.33. The van der Waals surface area contributed by atoms with E-state index in [0.717, 1.165) is 62.1 Å². The number of hydrogen-bond acceptors (Lipinski definition) is 8. The molecule has 0 aliphatic rings. The van der Waals surface area contributed by atoms with E-state index in [1.165, 1.54) is 176 Å². The highest BCUT2D eigenvalue weighted by Crippen LogP contribution is 2.58. The molecule has 0 aliphatic carbocycles. The summed E-state index contributed by atoms with van der Waals surface area (Å²) in [6.07, 6.45) is 38.6. The van der Waals surface area contributed by atoms with Crippen LogP contribution in [-0.2, 0) is 25.7 Å². The summed E-state index contributed by atoms with van der Waals surface area (Å²) >= 11 is 0. The molecule has 0 fully saturated rings. The first-order valence-corrected chi connectivity index (χ1v) is 40.8. The molecule has 0 aliphatic heterocycles. The SMILES string of the molecule is CCCCCCCCCc1ccc(Oc2cc3c(=O)n4c5ccccc5nc4c4cc(Oc5ccc(CCCCCCCCC)cc5)c5c6c(Oc7ccc(CCCCCCCCC)cc7)cc7c(=O)n8c9ccccc9nc8c8cc(Oc9ccc(CCCCCCCCC)cc9)c(c2c5c34)c6c78)cc1. The van der Waals surface area contributed by atoms with E-state index in [0.29, 0.717) is 133 Å². The second-order valence-electron chi connectivity index (χ2n) is 30.3. The fourth-order valence-corrected chi connectivity index (χ4v) is 16.8. The molecule has 15 aromatic rings. The highest BCUT2D eigenvalue weighted by atomic mass is 16.5. The zero-order valence-electron chi connectivity index (χ0n) is 63.0. The minimum absolute atomic E-state index is 0.226. The lowest BCUT2D eigenvalue weighted by Gasteiger charge is -2.25. The Morgan fingerprint density at radius 2 is 0.509 bits per heavy atom. The summed E-state index contributed by atoms with van der Waals surface area (Å²) in [5, 5.41) is 7.93. The fraction of sp³-hybridized carbons (Fsp3) is 0.375. The van der Waals surface area contributed by atoms with E-state index < -0.39 is 0 Å². The number of ether oxygens (including phenoxy) is 4. The molecule has 0 spiro atoms. The van der Waals surface area contributed by atoms with Crippen LogP contribution in [0.3, 0.4) is 0 Å². The summed E-state index contributed by atoms with van der Waals surface area (Å²) in [6.45, 7) is 9.08. The number of hydrogen-bond donors (Lipinski definition) is 0. The third-order valence-corrected chi connectivity index (χ3v) is 22.5. The Labute approximate surface area is 624 Å². The molecule has 4 aromatic heterocycles. The molecule has 0 unspecified atom stereocenters. The molecule has 0 atom stereocenters. The van der Waals surface area contributed by atoms with Gasteiger partial charge >= 0.3 is 0 Å². The van der Waals surface area contributed by atoms with Crippen LogP contribution in [0.4, 0.5) is 0 Å². The van der Waals surface area contributed by atoms with Crippen molar-refractivity contribution in [2.75, 3.05) is 0 Å². The van der Waals surface area contributed by atoms with E-state index in [1.54, 1.807) is 8.80 Å². The van der Waals surface area contributed by atoms with Crippen LogP contribution in [0.5, 0.6) is 46.0 Å². The molecule has 4 heterocycles. The van der Waals surface area contributed by atoms with Crippen molar-refractivity contribution in [1.29, 1.82) is 0 Å². The number of aryl methyl sites for hydroxylation is 4. The first-order valence-electron chi connectivity index (χ1n) is 40.8. The van der Waals surface area contributed by atoms with Crippen LogP contribution in [-0.4, -0.2) is 18.8 Å². The van der Waals surface area contributed by atoms with Gasteiger partial charge in [0.1, 0.15) is 57.3 Å². The van der Waals surface area contributed by atoms with Gasteiger partial charge in [0.25, 0.3) is 11.1 Å². The summed E-state index contributed by atoms with van der Waals surface area (Å²) < 4.78 is 33.8. The summed E-state index contributed by atoms with van der Waals surface area (Å²) in [5.41, 5.74) is 8.37.